The van der Waals surface area contributed by atoms with Crippen LogP contribution in [0.3, 0.4) is 0 Å². The van der Waals surface area contributed by atoms with Gasteiger partial charge in [-0.1, -0.05) is 15.9 Å². The summed E-state index contributed by atoms with van der Waals surface area (Å²) in [5, 5.41) is 0. The van der Waals surface area contributed by atoms with E-state index in [1.165, 1.54) is 6.07 Å². The third kappa shape index (κ3) is 2.56. The zero-order chi connectivity index (χ0) is 12.6. The van der Waals surface area contributed by atoms with E-state index >= 15 is 0 Å². The highest BCUT2D eigenvalue weighted by molar-refractivity contribution is 9.10. The lowest BCUT2D eigenvalue weighted by Crippen LogP contribution is -2.29. The lowest BCUT2D eigenvalue weighted by atomic mass is 9.93. The van der Waals surface area contributed by atoms with Crippen LogP contribution in [0, 0.1) is 11.6 Å². The molecular weight excluding hydrogens is 358 g/mol. The molecule has 17 heavy (non-hydrogen) atoms. The number of ether oxygens (including phenoxy) is 1. The maximum absolute atomic E-state index is 13.8. The van der Waals surface area contributed by atoms with Gasteiger partial charge in [0.2, 0.25) is 0 Å². The van der Waals surface area contributed by atoms with Crippen LogP contribution < -0.4 is 0 Å². The first kappa shape index (κ1) is 13.4. The molecule has 0 N–H and O–H groups in total. The fraction of sp³-hybridized carbons (Fsp3) is 0.500. The SMILES string of the molecule is CC1(C(Br)c2cc(F)c(Br)cc2F)CCCO1. The zero-order valence-corrected chi connectivity index (χ0v) is 12.4. The molecule has 2 atom stereocenters. The van der Waals surface area contributed by atoms with Gasteiger partial charge in [-0.05, 0) is 47.8 Å². The van der Waals surface area contributed by atoms with Gasteiger partial charge >= 0.3 is 0 Å². The summed E-state index contributed by atoms with van der Waals surface area (Å²) in [5.41, 5.74) is -0.170. The molecule has 0 bridgehead atoms. The number of alkyl halides is 1. The summed E-state index contributed by atoms with van der Waals surface area (Å²) < 4.78 is 33.0. The van der Waals surface area contributed by atoms with Crippen molar-refractivity contribution < 1.29 is 13.5 Å². The van der Waals surface area contributed by atoms with E-state index in [1.807, 2.05) is 6.92 Å². The Morgan fingerprint density at radius 3 is 2.65 bits per heavy atom. The lowest BCUT2D eigenvalue weighted by molar-refractivity contribution is 0.0190. The molecule has 1 aromatic rings. The molecule has 1 aliphatic heterocycles. The maximum Gasteiger partial charge on any atom is 0.137 e. The van der Waals surface area contributed by atoms with Gasteiger partial charge < -0.3 is 4.74 Å². The van der Waals surface area contributed by atoms with Crippen LogP contribution in [0.15, 0.2) is 16.6 Å². The smallest absolute Gasteiger partial charge is 0.137 e. The molecule has 0 spiro atoms. The minimum absolute atomic E-state index is 0.135. The Bertz CT molecular complexity index is 431. The van der Waals surface area contributed by atoms with Crippen LogP contribution in [0.2, 0.25) is 0 Å². The van der Waals surface area contributed by atoms with Gasteiger partial charge in [0.1, 0.15) is 11.6 Å². The van der Waals surface area contributed by atoms with Crippen molar-refractivity contribution in [1.82, 2.24) is 0 Å². The summed E-state index contributed by atoms with van der Waals surface area (Å²) >= 11 is 6.40. The summed E-state index contributed by atoms with van der Waals surface area (Å²) in [5.74, 6) is -0.899. The molecule has 1 aromatic carbocycles. The van der Waals surface area contributed by atoms with Crippen LogP contribution in [0.1, 0.15) is 30.2 Å². The van der Waals surface area contributed by atoms with Crippen molar-refractivity contribution in [2.75, 3.05) is 6.61 Å². The predicted molar refractivity (Wildman–Crippen MR) is 69.3 cm³/mol. The second-order valence-electron chi connectivity index (χ2n) is 4.42. The van der Waals surface area contributed by atoms with E-state index in [9.17, 15) is 8.78 Å². The van der Waals surface area contributed by atoms with Crippen molar-refractivity contribution in [2.45, 2.75) is 30.2 Å². The van der Waals surface area contributed by atoms with Crippen molar-refractivity contribution in [3.8, 4) is 0 Å². The van der Waals surface area contributed by atoms with Crippen LogP contribution in [-0.2, 0) is 4.74 Å². The third-order valence-corrected chi connectivity index (χ3v) is 5.17. The van der Waals surface area contributed by atoms with Gasteiger partial charge in [-0.3, -0.25) is 0 Å². The Morgan fingerprint density at radius 2 is 2.06 bits per heavy atom. The number of rotatable bonds is 2. The van der Waals surface area contributed by atoms with E-state index in [2.05, 4.69) is 31.9 Å². The monoisotopic (exact) mass is 368 g/mol. The molecule has 94 valence electrons. The van der Waals surface area contributed by atoms with Crippen molar-refractivity contribution in [1.29, 1.82) is 0 Å². The van der Waals surface area contributed by atoms with E-state index in [-0.39, 0.29) is 9.30 Å². The number of benzene rings is 1. The number of halogens is 4. The molecule has 0 amide bonds. The molecule has 5 heteroatoms. The van der Waals surface area contributed by atoms with Crippen LogP contribution >= 0.6 is 31.9 Å². The summed E-state index contributed by atoms with van der Waals surface area (Å²) in [4.78, 5) is -0.347. The average molecular weight is 370 g/mol. The van der Waals surface area contributed by atoms with Crippen LogP contribution in [0.25, 0.3) is 0 Å². The van der Waals surface area contributed by atoms with E-state index in [0.717, 1.165) is 18.9 Å². The van der Waals surface area contributed by atoms with E-state index < -0.39 is 17.2 Å². The first-order chi connectivity index (χ1) is 7.94. The molecule has 0 saturated carbocycles. The summed E-state index contributed by atoms with van der Waals surface area (Å²) in [7, 11) is 0. The Morgan fingerprint density at radius 1 is 1.35 bits per heavy atom. The molecule has 2 unspecified atom stereocenters. The predicted octanol–water partition coefficient (Wildman–Crippen LogP) is 4.73. The molecule has 1 heterocycles. The van der Waals surface area contributed by atoms with Crippen molar-refractivity contribution in [3.63, 3.8) is 0 Å². The van der Waals surface area contributed by atoms with Gasteiger partial charge in [-0.15, -0.1) is 0 Å². The van der Waals surface area contributed by atoms with Crippen LogP contribution in [0.5, 0.6) is 0 Å². The lowest BCUT2D eigenvalue weighted by Gasteiger charge is -2.29. The average Bonchev–Trinajstić information content (AvgIpc) is 2.71. The summed E-state index contributed by atoms with van der Waals surface area (Å²) in [6.45, 7) is 2.58. The first-order valence-corrected chi connectivity index (χ1v) is 7.07. The Kier molecular flexibility index (Phi) is 3.90. The van der Waals surface area contributed by atoms with Crippen LogP contribution in [0.4, 0.5) is 8.78 Å². The molecular formula is C12H12Br2F2O. The topological polar surface area (TPSA) is 9.23 Å². The summed E-state index contributed by atoms with van der Waals surface area (Å²) in [6, 6.07) is 2.36. The van der Waals surface area contributed by atoms with Gasteiger partial charge in [0.05, 0.1) is 14.9 Å². The van der Waals surface area contributed by atoms with Gasteiger partial charge in [-0.25, -0.2) is 8.78 Å². The van der Waals surface area contributed by atoms with Crippen molar-refractivity contribution >= 4 is 31.9 Å². The Balaban J connectivity index is 2.36. The van der Waals surface area contributed by atoms with Gasteiger partial charge in [0, 0.05) is 12.2 Å². The van der Waals surface area contributed by atoms with E-state index in [1.54, 1.807) is 0 Å². The first-order valence-electron chi connectivity index (χ1n) is 5.36. The Hall–Kier alpha value is -0.0000000000000000763. The molecule has 1 nitrogen and oxygen atoms in total. The standard InChI is InChI=1S/C12H12Br2F2O/c1-12(3-2-4-17-12)11(14)7-5-10(16)8(13)6-9(7)15/h5-6,11H,2-4H2,1H3. The molecule has 1 aliphatic rings. The molecule has 0 radical (unpaired) electrons. The quantitative estimate of drug-likeness (QED) is 0.540. The molecule has 0 aromatic heterocycles. The third-order valence-electron chi connectivity index (χ3n) is 3.10. The Labute approximate surface area is 116 Å². The van der Waals surface area contributed by atoms with E-state index in [0.29, 0.717) is 12.2 Å². The largest absolute Gasteiger partial charge is 0.374 e. The second-order valence-corrected chi connectivity index (χ2v) is 6.19. The molecule has 2 rings (SSSR count). The van der Waals surface area contributed by atoms with Crippen molar-refractivity contribution in [2.24, 2.45) is 0 Å². The van der Waals surface area contributed by atoms with Crippen molar-refractivity contribution in [3.05, 3.63) is 33.8 Å². The fourth-order valence-corrected chi connectivity index (χ4v) is 3.09. The molecule has 0 aliphatic carbocycles. The minimum atomic E-state index is -0.471. The highest BCUT2D eigenvalue weighted by Crippen LogP contribution is 2.44. The van der Waals surface area contributed by atoms with E-state index in [4.69, 9.17) is 4.74 Å². The molecule has 1 fully saturated rings. The fourth-order valence-electron chi connectivity index (χ4n) is 2.06. The van der Waals surface area contributed by atoms with Gasteiger partial charge in [0.25, 0.3) is 0 Å². The van der Waals surface area contributed by atoms with Gasteiger partial charge in [0.15, 0.2) is 0 Å². The second kappa shape index (κ2) is 4.94. The number of hydrogen-bond donors (Lipinski definition) is 0. The highest BCUT2D eigenvalue weighted by atomic mass is 79.9. The molecule has 1 saturated heterocycles. The minimum Gasteiger partial charge on any atom is -0.374 e. The maximum atomic E-state index is 13.8. The highest BCUT2D eigenvalue weighted by Gasteiger charge is 2.39. The zero-order valence-electron chi connectivity index (χ0n) is 9.27. The number of hydrogen-bond acceptors (Lipinski definition) is 1. The normalized spacial score (nSPS) is 26.2. The van der Waals surface area contributed by atoms with Crippen LogP contribution in [-0.4, -0.2) is 12.2 Å². The summed E-state index contributed by atoms with van der Waals surface area (Å²) in [6.07, 6.45) is 1.78. The van der Waals surface area contributed by atoms with Gasteiger partial charge in [-0.2, -0.15) is 0 Å².